The van der Waals surface area contributed by atoms with Crippen LogP contribution in [0.3, 0.4) is 0 Å². The first-order chi connectivity index (χ1) is 9.38. The number of aryl methyl sites for hydroxylation is 1. The Balaban J connectivity index is 2.52. The molecule has 4 N–H and O–H groups in total. The number of phenols is 1. The monoisotopic (exact) mass is 280 g/mol. The first-order valence-corrected chi connectivity index (χ1v) is 6.93. The number of carbonyl (C=O) groups is 1. The maximum Gasteiger partial charge on any atom is 0.404 e. The van der Waals surface area contributed by atoms with Crippen molar-refractivity contribution in [2.45, 2.75) is 39.7 Å². The summed E-state index contributed by atoms with van der Waals surface area (Å²) in [6, 6.07) is 5.45. The van der Waals surface area contributed by atoms with E-state index in [0.717, 1.165) is 24.2 Å². The van der Waals surface area contributed by atoms with Crippen LogP contribution < -0.4 is 10.6 Å². The number of anilines is 1. The molecule has 1 rings (SSSR count). The van der Waals surface area contributed by atoms with E-state index in [2.05, 4.69) is 24.5 Å². The van der Waals surface area contributed by atoms with Gasteiger partial charge in [0.25, 0.3) is 0 Å². The Morgan fingerprint density at radius 2 is 2.00 bits per heavy atom. The number of nitrogens with one attached hydrogen (secondary N) is 2. The van der Waals surface area contributed by atoms with E-state index >= 15 is 0 Å². The molecule has 0 aliphatic carbocycles. The lowest BCUT2D eigenvalue weighted by molar-refractivity contribution is 0.190. The summed E-state index contributed by atoms with van der Waals surface area (Å²) in [5.74, 6) is 0.749. The van der Waals surface area contributed by atoms with E-state index in [-0.39, 0.29) is 11.8 Å². The number of hydrogen-bond donors (Lipinski definition) is 4. The average molecular weight is 280 g/mol. The zero-order valence-corrected chi connectivity index (χ0v) is 12.3. The van der Waals surface area contributed by atoms with E-state index in [0.29, 0.717) is 12.3 Å². The van der Waals surface area contributed by atoms with Gasteiger partial charge in [0.1, 0.15) is 5.75 Å². The van der Waals surface area contributed by atoms with E-state index < -0.39 is 6.09 Å². The minimum absolute atomic E-state index is 0.103. The zero-order chi connectivity index (χ0) is 15.1. The molecule has 0 heterocycles. The number of amides is 1. The molecule has 20 heavy (non-hydrogen) atoms. The summed E-state index contributed by atoms with van der Waals surface area (Å²) in [4.78, 5) is 10.5. The van der Waals surface area contributed by atoms with E-state index in [1.54, 1.807) is 6.07 Å². The van der Waals surface area contributed by atoms with Gasteiger partial charge in [0.05, 0.1) is 5.69 Å². The molecule has 0 spiro atoms. The highest BCUT2D eigenvalue weighted by Gasteiger charge is 2.07. The van der Waals surface area contributed by atoms with Crippen LogP contribution in [0.1, 0.15) is 32.8 Å². The molecule has 0 radical (unpaired) electrons. The minimum Gasteiger partial charge on any atom is -0.506 e. The molecule has 0 saturated carbocycles. The topological polar surface area (TPSA) is 81.6 Å². The van der Waals surface area contributed by atoms with E-state index in [9.17, 15) is 9.90 Å². The third-order valence-corrected chi connectivity index (χ3v) is 3.00. The molecule has 0 aromatic heterocycles. The van der Waals surface area contributed by atoms with Gasteiger partial charge in [0.15, 0.2) is 0 Å². The van der Waals surface area contributed by atoms with Crippen LogP contribution in [0.15, 0.2) is 18.2 Å². The summed E-state index contributed by atoms with van der Waals surface area (Å²) in [6.45, 7) is 6.85. The van der Waals surface area contributed by atoms with Crippen LogP contribution in [0.2, 0.25) is 0 Å². The molecule has 1 aromatic carbocycles. The Labute approximate surface area is 120 Å². The van der Waals surface area contributed by atoms with Crippen molar-refractivity contribution in [3.05, 3.63) is 23.8 Å². The Hall–Kier alpha value is -1.91. The summed E-state index contributed by atoms with van der Waals surface area (Å²) < 4.78 is 0. The SMILES string of the molecule is CC(C)CNc1ccc(CC[C@H](C)NC(=O)O)cc1O. The number of rotatable bonds is 7. The van der Waals surface area contributed by atoms with Crippen molar-refractivity contribution >= 4 is 11.8 Å². The molecule has 0 aliphatic heterocycles. The van der Waals surface area contributed by atoms with Crippen molar-refractivity contribution in [3.8, 4) is 5.75 Å². The first-order valence-electron chi connectivity index (χ1n) is 6.93. The maximum atomic E-state index is 10.5. The quantitative estimate of drug-likeness (QED) is 0.579. The third-order valence-electron chi connectivity index (χ3n) is 3.00. The van der Waals surface area contributed by atoms with Gasteiger partial charge in [-0.05, 0) is 43.4 Å². The van der Waals surface area contributed by atoms with Gasteiger partial charge in [-0.1, -0.05) is 19.9 Å². The molecule has 0 aliphatic rings. The van der Waals surface area contributed by atoms with Gasteiger partial charge in [0.2, 0.25) is 0 Å². The van der Waals surface area contributed by atoms with Crippen molar-refractivity contribution in [2.75, 3.05) is 11.9 Å². The van der Waals surface area contributed by atoms with Crippen LogP contribution >= 0.6 is 0 Å². The number of phenolic OH excluding ortho intramolecular Hbond substituents is 1. The lowest BCUT2D eigenvalue weighted by Gasteiger charge is -2.13. The summed E-state index contributed by atoms with van der Waals surface area (Å²) >= 11 is 0. The third kappa shape index (κ3) is 5.82. The highest BCUT2D eigenvalue weighted by Crippen LogP contribution is 2.25. The van der Waals surface area contributed by atoms with E-state index in [1.807, 2.05) is 19.1 Å². The second-order valence-corrected chi connectivity index (χ2v) is 5.52. The number of benzene rings is 1. The lowest BCUT2D eigenvalue weighted by Crippen LogP contribution is -2.31. The van der Waals surface area contributed by atoms with Crippen LogP contribution in [0, 0.1) is 5.92 Å². The van der Waals surface area contributed by atoms with Crippen LogP contribution in [0.25, 0.3) is 0 Å². The van der Waals surface area contributed by atoms with Crippen molar-refractivity contribution in [1.29, 1.82) is 0 Å². The number of aromatic hydroxyl groups is 1. The highest BCUT2D eigenvalue weighted by molar-refractivity contribution is 5.64. The fraction of sp³-hybridized carbons (Fsp3) is 0.533. The Bertz CT molecular complexity index is 447. The molecule has 5 nitrogen and oxygen atoms in total. The highest BCUT2D eigenvalue weighted by atomic mass is 16.4. The number of carboxylic acid groups (broad SMARTS) is 1. The van der Waals surface area contributed by atoms with Crippen LogP contribution in [0.5, 0.6) is 5.75 Å². The van der Waals surface area contributed by atoms with Gasteiger partial charge >= 0.3 is 6.09 Å². The Morgan fingerprint density at radius 3 is 2.55 bits per heavy atom. The molecule has 0 fully saturated rings. The average Bonchev–Trinajstić information content (AvgIpc) is 2.34. The fourth-order valence-electron chi connectivity index (χ4n) is 1.86. The molecule has 0 bridgehead atoms. The molecule has 112 valence electrons. The predicted octanol–water partition coefficient (Wildman–Crippen LogP) is 3.05. The van der Waals surface area contributed by atoms with Gasteiger partial charge in [0, 0.05) is 12.6 Å². The summed E-state index contributed by atoms with van der Waals surface area (Å²) in [5, 5.41) is 24.2. The molecule has 1 atom stereocenters. The minimum atomic E-state index is -1.01. The van der Waals surface area contributed by atoms with Crippen LogP contribution in [0.4, 0.5) is 10.5 Å². The summed E-state index contributed by atoms with van der Waals surface area (Å²) in [7, 11) is 0. The van der Waals surface area contributed by atoms with Crippen LogP contribution in [-0.4, -0.2) is 28.9 Å². The van der Waals surface area contributed by atoms with Crippen molar-refractivity contribution in [2.24, 2.45) is 5.92 Å². The predicted molar refractivity (Wildman–Crippen MR) is 80.4 cm³/mol. The Morgan fingerprint density at radius 1 is 1.30 bits per heavy atom. The molecular weight excluding hydrogens is 256 g/mol. The van der Waals surface area contributed by atoms with Gasteiger partial charge in [-0.3, -0.25) is 0 Å². The van der Waals surface area contributed by atoms with E-state index in [4.69, 9.17) is 5.11 Å². The molecule has 1 amide bonds. The van der Waals surface area contributed by atoms with Gasteiger partial charge < -0.3 is 20.8 Å². The summed E-state index contributed by atoms with van der Waals surface area (Å²) in [6.07, 6.45) is 0.415. The van der Waals surface area contributed by atoms with Gasteiger partial charge in [-0.15, -0.1) is 0 Å². The molecule has 0 saturated heterocycles. The standard InChI is InChI=1S/C15H24N2O3/c1-10(2)9-16-13-7-6-12(8-14(13)18)5-4-11(3)17-15(19)20/h6-8,10-11,16-18H,4-5,9H2,1-3H3,(H,19,20)/t11-/m0/s1. The maximum absolute atomic E-state index is 10.5. The van der Waals surface area contributed by atoms with Gasteiger partial charge in [-0.2, -0.15) is 0 Å². The molecule has 0 unspecified atom stereocenters. The second kappa shape index (κ2) is 7.62. The molecular formula is C15H24N2O3. The zero-order valence-electron chi connectivity index (χ0n) is 12.3. The van der Waals surface area contributed by atoms with E-state index in [1.165, 1.54) is 0 Å². The first kappa shape index (κ1) is 16.1. The molecule has 5 heteroatoms. The largest absolute Gasteiger partial charge is 0.506 e. The normalized spacial score (nSPS) is 12.2. The van der Waals surface area contributed by atoms with Crippen molar-refractivity contribution < 1.29 is 15.0 Å². The van der Waals surface area contributed by atoms with Crippen molar-refractivity contribution in [3.63, 3.8) is 0 Å². The molecule has 1 aromatic rings. The van der Waals surface area contributed by atoms with Crippen molar-refractivity contribution in [1.82, 2.24) is 5.32 Å². The Kier molecular flexibility index (Phi) is 6.15. The van der Waals surface area contributed by atoms with Gasteiger partial charge in [-0.25, -0.2) is 4.79 Å². The fourth-order valence-corrected chi connectivity index (χ4v) is 1.86. The lowest BCUT2D eigenvalue weighted by atomic mass is 10.1. The van der Waals surface area contributed by atoms with Crippen LogP contribution in [-0.2, 0) is 6.42 Å². The smallest absolute Gasteiger partial charge is 0.404 e. The second-order valence-electron chi connectivity index (χ2n) is 5.52. The number of hydrogen-bond acceptors (Lipinski definition) is 3. The summed E-state index contributed by atoms with van der Waals surface area (Å²) in [5.41, 5.74) is 1.73.